The summed E-state index contributed by atoms with van der Waals surface area (Å²) >= 11 is 1.28. The van der Waals surface area contributed by atoms with Gasteiger partial charge in [-0.25, -0.2) is 13.4 Å². The van der Waals surface area contributed by atoms with Crippen molar-refractivity contribution in [1.82, 2.24) is 9.97 Å². The number of fused-ring (bicyclic) bond motifs is 1. The molecule has 0 spiro atoms. The summed E-state index contributed by atoms with van der Waals surface area (Å²) in [5.41, 5.74) is 3.29. The van der Waals surface area contributed by atoms with Gasteiger partial charge in [0.1, 0.15) is 5.69 Å². The lowest BCUT2D eigenvalue weighted by molar-refractivity contribution is 0.102. The lowest BCUT2D eigenvalue weighted by atomic mass is 10.1. The number of rotatable bonds is 5. The molecule has 166 valence electrons. The van der Waals surface area contributed by atoms with Crippen molar-refractivity contribution < 1.29 is 13.2 Å². The largest absolute Gasteiger partial charge is 0.298 e. The van der Waals surface area contributed by atoms with Gasteiger partial charge in [0.2, 0.25) is 0 Å². The number of sulfonamides is 1. The van der Waals surface area contributed by atoms with Crippen molar-refractivity contribution >= 4 is 38.1 Å². The van der Waals surface area contributed by atoms with Crippen molar-refractivity contribution in [2.75, 3.05) is 9.62 Å². The van der Waals surface area contributed by atoms with Gasteiger partial charge in [0.15, 0.2) is 5.13 Å². The van der Waals surface area contributed by atoms with Crippen LogP contribution in [0, 0.1) is 0 Å². The number of pyridine rings is 1. The van der Waals surface area contributed by atoms with Gasteiger partial charge in [-0.15, -0.1) is 11.3 Å². The van der Waals surface area contributed by atoms with Gasteiger partial charge in [-0.2, -0.15) is 0 Å². The summed E-state index contributed by atoms with van der Waals surface area (Å²) in [6, 6.07) is 18.9. The third-order valence-electron chi connectivity index (χ3n) is 5.45. The molecule has 0 radical (unpaired) electrons. The van der Waals surface area contributed by atoms with Crippen molar-refractivity contribution in [3.05, 3.63) is 89.4 Å². The van der Waals surface area contributed by atoms with Crippen LogP contribution in [0.4, 0.5) is 10.8 Å². The molecule has 33 heavy (non-hydrogen) atoms. The number of nitrogens with one attached hydrogen (secondary N) is 1. The van der Waals surface area contributed by atoms with Crippen LogP contribution in [-0.2, 0) is 16.4 Å². The maximum absolute atomic E-state index is 13.5. The fourth-order valence-electron chi connectivity index (χ4n) is 3.95. The smallest absolute Gasteiger partial charge is 0.264 e. The van der Waals surface area contributed by atoms with Gasteiger partial charge >= 0.3 is 0 Å². The second-order valence-corrected chi connectivity index (χ2v) is 10.4. The Hall–Kier alpha value is -3.56. The van der Waals surface area contributed by atoms with E-state index in [1.807, 2.05) is 54.8 Å². The Balaban J connectivity index is 1.39. The predicted octanol–water partition coefficient (Wildman–Crippen LogP) is 4.60. The third kappa shape index (κ3) is 4.01. The highest BCUT2D eigenvalue weighted by Gasteiger charge is 2.36. The van der Waals surface area contributed by atoms with Gasteiger partial charge < -0.3 is 0 Å². The second kappa shape index (κ2) is 8.42. The van der Waals surface area contributed by atoms with Crippen LogP contribution in [0.2, 0.25) is 0 Å². The molecule has 2 aromatic heterocycles. The van der Waals surface area contributed by atoms with Crippen molar-refractivity contribution in [2.24, 2.45) is 0 Å². The van der Waals surface area contributed by atoms with Crippen LogP contribution in [0.5, 0.6) is 0 Å². The fourth-order valence-corrected chi connectivity index (χ4v) is 6.39. The first-order valence-corrected chi connectivity index (χ1v) is 12.7. The summed E-state index contributed by atoms with van der Waals surface area (Å²) in [6.07, 6.45) is 2.33. The van der Waals surface area contributed by atoms with E-state index in [0.717, 1.165) is 5.56 Å². The van der Waals surface area contributed by atoms with E-state index in [9.17, 15) is 13.2 Å². The number of para-hydroxylation sites is 1. The number of thiazole rings is 1. The van der Waals surface area contributed by atoms with Crippen LogP contribution in [-0.4, -0.2) is 30.3 Å². The molecule has 5 rings (SSSR count). The molecule has 0 bridgehead atoms. The van der Waals surface area contributed by atoms with Crippen molar-refractivity contribution in [1.29, 1.82) is 0 Å². The standard InChI is InChI=1S/C24H20N4O3S2/c1-16-13-17-7-2-3-11-22(17)28(16)33(30,31)19-9-6-8-18(14-19)23(29)27-24-26-21(15-32-24)20-10-4-5-12-25-20/h2-12,14-16H,13H2,1H3,(H,26,27,29)/t16-/m1/s1. The van der Waals surface area contributed by atoms with E-state index in [-0.39, 0.29) is 16.5 Å². The zero-order valence-corrected chi connectivity index (χ0v) is 19.3. The van der Waals surface area contributed by atoms with E-state index in [4.69, 9.17) is 0 Å². The molecule has 9 heteroatoms. The zero-order valence-electron chi connectivity index (χ0n) is 17.7. The first kappa shape index (κ1) is 21.3. The van der Waals surface area contributed by atoms with Gasteiger partial charge in [-0.3, -0.25) is 19.4 Å². The summed E-state index contributed by atoms with van der Waals surface area (Å²) < 4.78 is 28.4. The Morgan fingerprint density at radius 3 is 2.70 bits per heavy atom. The molecular weight excluding hydrogens is 456 g/mol. The molecule has 0 saturated heterocycles. The highest BCUT2D eigenvalue weighted by Crippen LogP contribution is 2.36. The first-order valence-electron chi connectivity index (χ1n) is 10.3. The number of benzene rings is 2. The Morgan fingerprint density at radius 1 is 1.06 bits per heavy atom. The summed E-state index contributed by atoms with van der Waals surface area (Å²) in [7, 11) is -3.83. The third-order valence-corrected chi connectivity index (χ3v) is 8.13. The number of nitrogens with zero attached hydrogens (tertiary/aromatic N) is 3. The summed E-state index contributed by atoms with van der Waals surface area (Å²) in [5.74, 6) is -0.427. The van der Waals surface area contributed by atoms with Crippen LogP contribution in [0.3, 0.4) is 0 Å². The molecular formula is C24H20N4O3S2. The molecule has 0 saturated carbocycles. The first-order chi connectivity index (χ1) is 15.9. The Bertz CT molecular complexity index is 1430. The maximum atomic E-state index is 13.5. The van der Waals surface area contributed by atoms with Gasteiger partial charge in [0.25, 0.3) is 15.9 Å². The van der Waals surface area contributed by atoms with E-state index >= 15 is 0 Å². The molecule has 1 aliphatic heterocycles. The Labute approximate surface area is 195 Å². The Morgan fingerprint density at radius 2 is 1.88 bits per heavy atom. The van der Waals surface area contributed by atoms with E-state index < -0.39 is 15.9 Å². The molecule has 3 heterocycles. The normalized spacial score (nSPS) is 15.3. The molecule has 1 aliphatic rings. The van der Waals surface area contributed by atoms with E-state index in [1.54, 1.807) is 18.3 Å². The van der Waals surface area contributed by atoms with Crippen molar-refractivity contribution in [2.45, 2.75) is 24.3 Å². The van der Waals surface area contributed by atoms with Crippen molar-refractivity contribution in [3.8, 4) is 11.4 Å². The molecule has 1 N–H and O–H groups in total. The molecule has 2 aromatic carbocycles. The van der Waals surface area contributed by atoms with Gasteiger partial charge in [-0.1, -0.05) is 30.3 Å². The molecule has 0 fully saturated rings. The molecule has 1 atom stereocenters. The number of anilines is 2. The van der Waals surface area contributed by atoms with Crippen molar-refractivity contribution in [3.63, 3.8) is 0 Å². The maximum Gasteiger partial charge on any atom is 0.264 e. The number of carbonyl (C=O) groups is 1. The monoisotopic (exact) mass is 476 g/mol. The number of carbonyl (C=O) groups excluding carboxylic acids is 1. The molecule has 7 nitrogen and oxygen atoms in total. The highest BCUT2D eigenvalue weighted by atomic mass is 32.2. The lowest BCUT2D eigenvalue weighted by Crippen LogP contribution is -2.35. The number of hydrogen-bond donors (Lipinski definition) is 1. The number of hydrogen-bond acceptors (Lipinski definition) is 6. The quantitative estimate of drug-likeness (QED) is 0.455. The summed E-state index contributed by atoms with van der Waals surface area (Å²) in [5, 5.41) is 4.98. The minimum atomic E-state index is -3.83. The van der Waals surface area contributed by atoms with E-state index in [2.05, 4.69) is 15.3 Å². The highest BCUT2D eigenvalue weighted by molar-refractivity contribution is 7.92. The molecule has 0 aliphatic carbocycles. The minimum absolute atomic E-state index is 0.0759. The second-order valence-electron chi connectivity index (χ2n) is 7.72. The average Bonchev–Trinajstić information content (AvgIpc) is 3.43. The molecule has 0 unspecified atom stereocenters. The molecule has 1 amide bonds. The SMILES string of the molecule is C[C@@H]1Cc2ccccc2N1S(=O)(=O)c1cccc(C(=O)Nc2nc(-c3ccccn3)cs2)c1. The average molecular weight is 477 g/mol. The predicted molar refractivity (Wildman–Crippen MR) is 129 cm³/mol. The molecule has 4 aromatic rings. The zero-order chi connectivity index (χ0) is 23.0. The van der Waals surface area contributed by atoms with Gasteiger partial charge in [-0.05, 0) is 55.3 Å². The van der Waals surface area contributed by atoms with Crippen LogP contribution >= 0.6 is 11.3 Å². The van der Waals surface area contributed by atoms with Crippen LogP contribution in [0.15, 0.2) is 83.2 Å². The van der Waals surface area contributed by atoms with Crippen LogP contribution in [0.25, 0.3) is 11.4 Å². The minimum Gasteiger partial charge on any atom is -0.298 e. The van der Waals surface area contributed by atoms with Gasteiger partial charge in [0, 0.05) is 23.2 Å². The topological polar surface area (TPSA) is 92.3 Å². The van der Waals surface area contributed by atoms with E-state index in [0.29, 0.717) is 28.6 Å². The Kier molecular flexibility index (Phi) is 5.43. The van der Waals surface area contributed by atoms with Gasteiger partial charge in [0.05, 0.1) is 16.3 Å². The van der Waals surface area contributed by atoms with E-state index in [1.165, 1.54) is 27.8 Å². The van der Waals surface area contributed by atoms with Crippen LogP contribution in [0.1, 0.15) is 22.8 Å². The van der Waals surface area contributed by atoms with Crippen LogP contribution < -0.4 is 9.62 Å². The summed E-state index contributed by atoms with van der Waals surface area (Å²) in [6.45, 7) is 1.88. The summed E-state index contributed by atoms with van der Waals surface area (Å²) in [4.78, 5) is 21.6. The number of amides is 1. The number of aromatic nitrogens is 2. The lowest BCUT2D eigenvalue weighted by Gasteiger charge is -2.24. The fraction of sp³-hybridized carbons (Fsp3) is 0.125.